The molecule has 0 bridgehead atoms. The molecular formula is C14H8ClN3O2S. The van der Waals surface area contributed by atoms with E-state index < -0.39 is 10.0 Å². The fourth-order valence-electron chi connectivity index (χ4n) is 1.60. The molecule has 0 atom stereocenters. The van der Waals surface area contributed by atoms with Gasteiger partial charge >= 0.3 is 0 Å². The molecule has 2 rings (SSSR count). The summed E-state index contributed by atoms with van der Waals surface area (Å²) in [6.45, 7) is 0. The van der Waals surface area contributed by atoms with Crippen LogP contribution in [0.4, 0.5) is 5.69 Å². The number of sulfonamides is 1. The fraction of sp³-hybridized carbons (Fsp3) is 0. The second kappa shape index (κ2) is 5.84. The predicted molar refractivity (Wildman–Crippen MR) is 78.1 cm³/mol. The summed E-state index contributed by atoms with van der Waals surface area (Å²) >= 11 is 5.88. The Kier molecular flexibility index (Phi) is 4.13. The van der Waals surface area contributed by atoms with Gasteiger partial charge in [0.25, 0.3) is 10.0 Å². The zero-order valence-electron chi connectivity index (χ0n) is 10.5. The van der Waals surface area contributed by atoms with Gasteiger partial charge in [0.2, 0.25) is 0 Å². The first-order chi connectivity index (χ1) is 9.96. The van der Waals surface area contributed by atoms with Gasteiger partial charge in [0.1, 0.15) is 4.90 Å². The van der Waals surface area contributed by atoms with Gasteiger partial charge in [0, 0.05) is 5.69 Å². The van der Waals surface area contributed by atoms with E-state index in [0.29, 0.717) is 11.3 Å². The third-order valence-electron chi connectivity index (χ3n) is 2.62. The lowest BCUT2D eigenvalue weighted by Gasteiger charge is -2.09. The highest BCUT2D eigenvalue weighted by atomic mass is 35.5. The maximum atomic E-state index is 12.3. The summed E-state index contributed by atoms with van der Waals surface area (Å²) in [6, 6.07) is 13.7. The van der Waals surface area contributed by atoms with Crippen molar-refractivity contribution in [3.8, 4) is 12.1 Å². The Morgan fingerprint density at radius 2 is 1.52 bits per heavy atom. The van der Waals surface area contributed by atoms with Crippen LogP contribution < -0.4 is 4.72 Å². The Balaban J connectivity index is 2.38. The van der Waals surface area contributed by atoms with Crippen molar-refractivity contribution in [1.82, 2.24) is 0 Å². The molecule has 0 aliphatic rings. The SMILES string of the molecule is N#Cc1ccc(NS(=O)(=O)c2cc(C#N)ccc2Cl)cc1. The van der Waals surface area contributed by atoms with E-state index in [1.54, 1.807) is 0 Å². The zero-order valence-corrected chi connectivity index (χ0v) is 12.1. The van der Waals surface area contributed by atoms with Gasteiger partial charge in [0.15, 0.2) is 0 Å². The van der Waals surface area contributed by atoms with E-state index in [2.05, 4.69) is 4.72 Å². The number of rotatable bonds is 3. The summed E-state index contributed by atoms with van der Waals surface area (Å²) < 4.78 is 26.9. The minimum Gasteiger partial charge on any atom is -0.280 e. The average molecular weight is 318 g/mol. The van der Waals surface area contributed by atoms with E-state index >= 15 is 0 Å². The molecule has 21 heavy (non-hydrogen) atoms. The summed E-state index contributed by atoms with van der Waals surface area (Å²) in [4.78, 5) is -0.174. The van der Waals surface area contributed by atoms with Crippen molar-refractivity contribution in [2.45, 2.75) is 4.90 Å². The van der Waals surface area contributed by atoms with Gasteiger partial charge in [-0.05, 0) is 42.5 Å². The van der Waals surface area contributed by atoms with Gasteiger partial charge in [-0.25, -0.2) is 8.42 Å². The first kappa shape index (κ1) is 14.9. The molecule has 0 saturated carbocycles. The van der Waals surface area contributed by atoms with Gasteiger partial charge < -0.3 is 0 Å². The molecule has 0 fully saturated rings. The summed E-state index contributed by atoms with van der Waals surface area (Å²) in [5.41, 5.74) is 0.912. The van der Waals surface area contributed by atoms with E-state index in [4.69, 9.17) is 22.1 Å². The van der Waals surface area contributed by atoms with Crippen molar-refractivity contribution in [2.24, 2.45) is 0 Å². The fourth-order valence-corrected chi connectivity index (χ4v) is 3.19. The molecule has 2 aromatic rings. The van der Waals surface area contributed by atoms with E-state index in [1.807, 2.05) is 12.1 Å². The van der Waals surface area contributed by atoms with Crippen molar-refractivity contribution in [2.75, 3.05) is 4.72 Å². The number of nitrogens with one attached hydrogen (secondary N) is 1. The maximum absolute atomic E-state index is 12.3. The largest absolute Gasteiger partial charge is 0.280 e. The number of anilines is 1. The summed E-state index contributed by atoms with van der Waals surface area (Å²) in [7, 11) is -3.91. The van der Waals surface area contributed by atoms with Gasteiger partial charge in [-0.15, -0.1) is 0 Å². The van der Waals surface area contributed by atoms with Crippen LogP contribution in [0.15, 0.2) is 47.4 Å². The van der Waals surface area contributed by atoms with Crippen LogP contribution in [0.1, 0.15) is 11.1 Å². The second-order valence-electron chi connectivity index (χ2n) is 4.05. The highest BCUT2D eigenvalue weighted by Gasteiger charge is 2.18. The van der Waals surface area contributed by atoms with Crippen LogP contribution in [-0.4, -0.2) is 8.42 Å². The third kappa shape index (κ3) is 3.32. The van der Waals surface area contributed by atoms with Crippen molar-refractivity contribution in [3.05, 3.63) is 58.6 Å². The number of benzene rings is 2. The number of nitriles is 2. The van der Waals surface area contributed by atoms with Crippen molar-refractivity contribution < 1.29 is 8.42 Å². The van der Waals surface area contributed by atoms with Gasteiger partial charge in [-0.1, -0.05) is 11.6 Å². The van der Waals surface area contributed by atoms with E-state index in [0.717, 1.165) is 0 Å². The molecule has 0 aliphatic heterocycles. The van der Waals surface area contributed by atoms with Crippen molar-refractivity contribution in [1.29, 1.82) is 10.5 Å². The summed E-state index contributed by atoms with van der Waals surface area (Å²) in [5, 5.41) is 17.5. The lowest BCUT2D eigenvalue weighted by atomic mass is 10.2. The zero-order chi connectivity index (χ0) is 15.5. The third-order valence-corrected chi connectivity index (χ3v) is 4.48. The van der Waals surface area contributed by atoms with Gasteiger partial charge in [-0.3, -0.25) is 4.72 Å². The topological polar surface area (TPSA) is 93.8 Å². The quantitative estimate of drug-likeness (QED) is 0.941. The van der Waals surface area contributed by atoms with Crippen LogP contribution in [-0.2, 0) is 10.0 Å². The Hall–Kier alpha value is -2.54. The Labute approximate surface area is 127 Å². The average Bonchev–Trinajstić information content (AvgIpc) is 2.48. The van der Waals surface area contributed by atoms with Gasteiger partial charge in [0.05, 0.1) is 28.3 Å². The molecule has 0 spiro atoms. The van der Waals surface area contributed by atoms with Crippen LogP contribution in [0.5, 0.6) is 0 Å². The summed E-state index contributed by atoms with van der Waals surface area (Å²) in [5.74, 6) is 0. The number of halogens is 1. The predicted octanol–water partition coefficient (Wildman–Crippen LogP) is 2.88. The molecule has 0 amide bonds. The lowest BCUT2D eigenvalue weighted by molar-refractivity contribution is 0.601. The molecular weight excluding hydrogens is 310 g/mol. The molecule has 0 saturated heterocycles. The molecule has 0 radical (unpaired) electrons. The van der Waals surface area contributed by atoms with Crippen LogP contribution >= 0.6 is 11.6 Å². The van der Waals surface area contributed by atoms with Crippen LogP contribution in [0.2, 0.25) is 5.02 Å². The monoisotopic (exact) mass is 317 g/mol. The first-order valence-corrected chi connectivity index (χ1v) is 7.55. The lowest BCUT2D eigenvalue weighted by Crippen LogP contribution is -2.13. The van der Waals surface area contributed by atoms with E-state index in [-0.39, 0.29) is 15.5 Å². The molecule has 0 unspecified atom stereocenters. The Morgan fingerprint density at radius 3 is 2.10 bits per heavy atom. The molecule has 7 heteroatoms. The van der Waals surface area contributed by atoms with E-state index in [1.165, 1.54) is 42.5 Å². The number of hydrogen-bond acceptors (Lipinski definition) is 4. The van der Waals surface area contributed by atoms with E-state index in [9.17, 15) is 8.42 Å². The maximum Gasteiger partial charge on any atom is 0.263 e. The number of nitrogens with zero attached hydrogens (tertiary/aromatic N) is 2. The standard InChI is InChI=1S/C14H8ClN3O2S/c15-13-6-3-11(9-17)7-14(13)21(19,20)18-12-4-1-10(8-16)2-5-12/h1-7,18H. The first-order valence-electron chi connectivity index (χ1n) is 5.69. The van der Waals surface area contributed by atoms with Crippen LogP contribution in [0.3, 0.4) is 0 Å². The van der Waals surface area contributed by atoms with Crippen molar-refractivity contribution >= 4 is 27.3 Å². The molecule has 5 nitrogen and oxygen atoms in total. The molecule has 1 N–H and O–H groups in total. The summed E-state index contributed by atoms with van der Waals surface area (Å²) in [6.07, 6.45) is 0. The molecule has 0 aliphatic carbocycles. The smallest absolute Gasteiger partial charge is 0.263 e. The van der Waals surface area contributed by atoms with Gasteiger partial charge in [-0.2, -0.15) is 10.5 Å². The molecule has 0 aromatic heterocycles. The second-order valence-corrected chi connectivity index (χ2v) is 6.11. The number of hydrogen-bond donors (Lipinski definition) is 1. The highest BCUT2D eigenvalue weighted by Crippen LogP contribution is 2.25. The molecule has 104 valence electrons. The Morgan fingerprint density at radius 1 is 0.952 bits per heavy atom. The molecule has 2 aromatic carbocycles. The van der Waals surface area contributed by atoms with Crippen molar-refractivity contribution in [3.63, 3.8) is 0 Å². The van der Waals surface area contributed by atoms with Crippen LogP contribution in [0.25, 0.3) is 0 Å². The normalized spacial score (nSPS) is 10.4. The minimum absolute atomic E-state index is 0.0233. The molecule has 0 heterocycles. The minimum atomic E-state index is -3.91. The highest BCUT2D eigenvalue weighted by molar-refractivity contribution is 7.92. The van der Waals surface area contributed by atoms with Crippen LogP contribution in [0, 0.1) is 22.7 Å². The Bertz CT molecular complexity index is 863.